The number of hydrogen-bond donors (Lipinski definition) is 1. The molecule has 0 saturated heterocycles. The Kier molecular flexibility index (Phi) is 4.72. The van der Waals surface area contributed by atoms with Crippen molar-refractivity contribution in [2.24, 2.45) is 0 Å². The van der Waals surface area contributed by atoms with E-state index in [1.54, 1.807) is 7.05 Å². The van der Waals surface area contributed by atoms with E-state index in [1.165, 1.54) is 24.3 Å². The van der Waals surface area contributed by atoms with Gasteiger partial charge in [0.1, 0.15) is 11.6 Å². The van der Waals surface area contributed by atoms with Gasteiger partial charge in [0, 0.05) is 19.2 Å². The summed E-state index contributed by atoms with van der Waals surface area (Å²) >= 11 is 17.7. The number of rotatable bonds is 4. The maximum absolute atomic E-state index is 11.0. The minimum absolute atomic E-state index is 0.120. The van der Waals surface area contributed by atoms with Crippen molar-refractivity contribution in [3.05, 3.63) is 49.4 Å². The Bertz CT molecular complexity index is 710. The fraction of sp³-hybridized carbons (Fsp3) is 0.0833. The number of pyridine rings is 1. The van der Waals surface area contributed by atoms with Crippen LogP contribution in [0.5, 0.6) is 11.6 Å². The molecule has 1 heterocycles. The van der Waals surface area contributed by atoms with Crippen molar-refractivity contribution in [2.45, 2.75) is 0 Å². The van der Waals surface area contributed by atoms with E-state index < -0.39 is 4.92 Å². The molecule has 6 nitrogen and oxygen atoms in total. The molecule has 21 heavy (non-hydrogen) atoms. The highest BCUT2D eigenvalue weighted by molar-refractivity contribution is 6.43. The van der Waals surface area contributed by atoms with Crippen LogP contribution in [0.3, 0.4) is 0 Å². The van der Waals surface area contributed by atoms with Crippen LogP contribution < -0.4 is 10.1 Å². The highest BCUT2D eigenvalue weighted by Gasteiger charge is 2.20. The number of halogens is 3. The summed E-state index contributed by atoms with van der Waals surface area (Å²) < 4.78 is 5.41. The molecule has 0 radical (unpaired) electrons. The first-order valence-corrected chi connectivity index (χ1v) is 6.71. The average molecular weight is 349 g/mol. The molecule has 2 aromatic rings. The summed E-state index contributed by atoms with van der Waals surface area (Å²) in [5, 5.41) is 14.4. The number of nitrogens with zero attached hydrogens (tertiary/aromatic N) is 2. The van der Waals surface area contributed by atoms with E-state index in [2.05, 4.69) is 10.3 Å². The number of nitro groups is 1. The van der Waals surface area contributed by atoms with E-state index in [0.29, 0.717) is 5.82 Å². The summed E-state index contributed by atoms with van der Waals surface area (Å²) in [7, 11) is 1.63. The van der Waals surface area contributed by atoms with Gasteiger partial charge in [-0.2, -0.15) is 4.98 Å². The van der Waals surface area contributed by atoms with E-state index in [1.807, 2.05) is 0 Å². The third kappa shape index (κ3) is 3.47. The van der Waals surface area contributed by atoms with Crippen LogP contribution in [-0.4, -0.2) is 17.0 Å². The molecule has 0 unspecified atom stereocenters. The minimum atomic E-state index is -0.604. The van der Waals surface area contributed by atoms with Crippen LogP contribution in [0, 0.1) is 10.1 Å². The molecule has 0 aliphatic carbocycles. The second-order valence-corrected chi connectivity index (χ2v) is 5.05. The minimum Gasteiger partial charge on any atom is -0.432 e. The molecule has 1 aromatic heterocycles. The van der Waals surface area contributed by atoms with Crippen molar-refractivity contribution in [3.63, 3.8) is 0 Å². The summed E-state index contributed by atoms with van der Waals surface area (Å²) in [4.78, 5) is 14.4. The maximum Gasteiger partial charge on any atom is 0.331 e. The van der Waals surface area contributed by atoms with Crippen LogP contribution in [0.4, 0.5) is 11.5 Å². The Hall–Kier alpha value is -1.76. The van der Waals surface area contributed by atoms with Gasteiger partial charge in [-0.1, -0.05) is 34.8 Å². The lowest BCUT2D eigenvalue weighted by molar-refractivity contribution is -0.386. The normalized spacial score (nSPS) is 10.3. The topological polar surface area (TPSA) is 77.3 Å². The van der Waals surface area contributed by atoms with Gasteiger partial charge in [0.25, 0.3) is 0 Å². The number of ether oxygens (including phenoxy) is 1. The molecule has 0 aliphatic rings. The second kappa shape index (κ2) is 6.34. The van der Waals surface area contributed by atoms with Gasteiger partial charge in [-0.15, -0.1) is 0 Å². The standard InChI is InChI=1S/C12H8Cl3N3O3/c1-16-11-3-2-9(18(19)20)12(17-11)21-10-5-7(14)6(13)4-8(10)15/h2-5H,1H3,(H,16,17). The average Bonchev–Trinajstić information content (AvgIpc) is 2.44. The van der Waals surface area contributed by atoms with Gasteiger partial charge in [-0.3, -0.25) is 10.1 Å². The molecule has 2 rings (SSSR count). The van der Waals surface area contributed by atoms with Gasteiger partial charge >= 0.3 is 11.6 Å². The molecule has 1 N–H and O–H groups in total. The lowest BCUT2D eigenvalue weighted by Crippen LogP contribution is -1.99. The monoisotopic (exact) mass is 347 g/mol. The zero-order valence-electron chi connectivity index (χ0n) is 10.6. The van der Waals surface area contributed by atoms with Crippen molar-refractivity contribution < 1.29 is 9.66 Å². The number of aromatic nitrogens is 1. The van der Waals surface area contributed by atoms with Crippen molar-refractivity contribution in [3.8, 4) is 11.6 Å². The van der Waals surface area contributed by atoms with Gasteiger partial charge in [-0.25, -0.2) is 0 Å². The number of hydrogen-bond acceptors (Lipinski definition) is 5. The molecule has 0 aliphatic heterocycles. The van der Waals surface area contributed by atoms with E-state index in [4.69, 9.17) is 39.5 Å². The molecular formula is C12H8Cl3N3O3. The summed E-state index contributed by atoms with van der Waals surface area (Å²) in [6.45, 7) is 0. The number of anilines is 1. The smallest absolute Gasteiger partial charge is 0.331 e. The van der Waals surface area contributed by atoms with Gasteiger partial charge in [-0.05, 0) is 12.1 Å². The SMILES string of the molecule is CNc1ccc([N+](=O)[O-])c(Oc2cc(Cl)c(Cl)cc2Cl)n1. The third-order valence-electron chi connectivity index (χ3n) is 2.47. The van der Waals surface area contributed by atoms with Gasteiger partial charge in [0.15, 0.2) is 0 Å². The van der Waals surface area contributed by atoms with E-state index in [0.717, 1.165) is 0 Å². The van der Waals surface area contributed by atoms with Crippen molar-refractivity contribution in [1.82, 2.24) is 4.98 Å². The van der Waals surface area contributed by atoms with Crippen LogP contribution in [-0.2, 0) is 0 Å². The lowest BCUT2D eigenvalue weighted by Gasteiger charge is -2.09. The Morgan fingerprint density at radius 3 is 2.48 bits per heavy atom. The number of benzene rings is 1. The van der Waals surface area contributed by atoms with Gasteiger partial charge in [0.05, 0.1) is 20.0 Å². The summed E-state index contributed by atoms with van der Waals surface area (Å²) in [6.07, 6.45) is 0. The second-order valence-electron chi connectivity index (χ2n) is 3.83. The fourth-order valence-electron chi connectivity index (χ4n) is 1.47. The zero-order valence-corrected chi connectivity index (χ0v) is 12.8. The molecule has 110 valence electrons. The summed E-state index contributed by atoms with van der Waals surface area (Å²) in [6, 6.07) is 5.49. The predicted octanol–water partition coefficient (Wildman–Crippen LogP) is 4.78. The fourth-order valence-corrected chi connectivity index (χ4v) is 2.05. The summed E-state index contributed by atoms with van der Waals surface area (Å²) in [5.74, 6) is 0.328. The van der Waals surface area contributed by atoms with E-state index >= 15 is 0 Å². The van der Waals surface area contributed by atoms with Crippen molar-refractivity contribution in [1.29, 1.82) is 0 Å². The van der Waals surface area contributed by atoms with Gasteiger partial charge in [0.2, 0.25) is 0 Å². The first-order valence-electron chi connectivity index (χ1n) is 5.58. The molecule has 1 aromatic carbocycles. The molecule has 0 fully saturated rings. The molecule has 0 atom stereocenters. The van der Waals surface area contributed by atoms with Crippen LogP contribution in [0.1, 0.15) is 0 Å². The Morgan fingerprint density at radius 1 is 1.19 bits per heavy atom. The molecular weight excluding hydrogens is 341 g/mol. The van der Waals surface area contributed by atoms with Crippen LogP contribution in [0.2, 0.25) is 15.1 Å². The van der Waals surface area contributed by atoms with Gasteiger partial charge < -0.3 is 10.1 Å². The molecule has 0 bridgehead atoms. The first-order chi connectivity index (χ1) is 9.92. The van der Waals surface area contributed by atoms with Crippen LogP contribution in [0.25, 0.3) is 0 Å². The molecule has 0 spiro atoms. The number of nitrogens with one attached hydrogen (secondary N) is 1. The zero-order chi connectivity index (χ0) is 15.6. The predicted molar refractivity (Wildman–Crippen MR) is 82.0 cm³/mol. The molecule has 0 saturated carbocycles. The molecule has 0 amide bonds. The van der Waals surface area contributed by atoms with E-state index in [-0.39, 0.29) is 32.4 Å². The lowest BCUT2D eigenvalue weighted by atomic mass is 10.3. The highest BCUT2D eigenvalue weighted by Crippen LogP contribution is 2.38. The third-order valence-corrected chi connectivity index (χ3v) is 3.49. The first kappa shape index (κ1) is 15.6. The molecule has 9 heteroatoms. The van der Waals surface area contributed by atoms with Crippen molar-refractivity contribution in [2.75, 3.05) is 12.4 Å². The highest BCUT2D eigenvalue weighted by atomic mass is 35.5. The largest absolute Gasteiger partial charge is 0.432 e. The Balaban J connectivity index is 2.47. The van der Waals surface area contributed by atoms with E-state index in [9.17, 15) is 10.1 Å². The van der Waals surface area contributed by atoms with Crippen LogP contribution in [0.15, 0.2) is 24.3 Å². The quantitative estimate of drug-likeness (QED) is 0.488. The Morgan fingerprint density at radius 2 is 1.86 bits per heavy atom. The van der Waals surface area contributed by atoms with Crippen LogP contribution >= 0.6 is 34.8 Å². The summed E-state index contributed by atoms with van der Waals surface area (Å²) in [5.41, 5.74) is -0.295. The van der Waals surface area contributed by atoms with Crippen molar-refractivity contribution >= 4 is 46.3 Å². The maximum atomic E-state index is 11.0. The Labute approximate surface area is 134 Å².